The standard InChI is InChI=1S/C38H57N3O11/c1-12-41(10)27-16-21(3)48-35(30(27)44)51-33-23(5)31(50-28(42)17-26-14-13-15-39-19-26)24(6)34(45)49-25(7)38(9)32(40-36(46)52-38)22(4)29(43)20(2)18-37(33,8)47-11/h12-15,19-25,27,30-33,35,44H,1,16-18H2,2-11H3,(H,40,46)/t20-,21-,22+,23+,24-,25-,27+,30-,31+,32+,33-,35?,37-,38-/m1/s1. The summed E-state index contributed by atoms with van der Waals surface area (Å²) in [6, 6.07) is 2.23. The summed E-state index contributed by atoms with van der Waals surface area (Å²) in [6.45, 7) is 17.6. The minimum Gasteiger partial charge on any atom is -0.461 e. The van der Waals surface area contributed by atoms with Gasteiger partial charge >= 0.3 is 18.0 Å². The van der Waals surface area contributed by atoms with Crippen LogP contribution in [0, 0.1) is 23.7 Å². The Labute approximate surface area is 306 Å². The molecule has 3 aliphatic heterocycles. The van der Waals surface area contributed by atoms with E-state index in [0.29, 0.717) is 12.0 Å². The molecule has 1 aromatic heterocycles. The predicted molar refractivity (Wildman–Crippen MR) is 188 cm³/mol. The van der Waals surface area contributed by atoms with Crippen molar-refractivity contribution in [1.82, 2.24) is 15.2 Å². The molecule has 1 aromatic rings. The first-order valence-corrected chi connectivity index (χ1v) is 18.1. The van der Waals surface area contributed by atoms with Crippen LogP contribution in [0.15, 0.2) is 37.3 Å². The van der Waals surface area contributed by atoms with Gasteiger partial charge < -0.3 is 43.7 Å². The maximum atomic E-state index is 14.2. The first-order valence-electron chi connectivity index (χ1n) is 18.1. The number of hydrogen-bond donors (Lipinski definition) is 2. The lowest BCUT2D eigenvalue weighted by Crippen LogP contribution is -2.60. The SMILES string of the molecule is C=CN(C)[C@H]1C[C@@H](C)OC(O[C@@H]2[C@@H](C)[C@H](OC(=O)Cc3cccnc3)[C@@H](C)C(=O)O[C@H](C)[C@@]3(C)OC(=O)N[C@H]3[C@@H](C)C(=O)[C@H](C)C[C@@]2(C)OC)[C@@H]1O. The molecule has 0 bridgehead atoms. The summed E-state index contributed by atoms with van der Waals surface area (Å²) < 4.78 is 37.0. The number of fused-ring (bicyclic) bond motifs is 1. The Balaban J connectivity index is 1.83. The van der Waals surface area contributed by atoms with Gasteiger partial charge in [0, 0.05) is 44.3 Å². The van der Waals surface area contributed by atoms with E-state index in [9.17, 15) is 24.3 Å². The first kappa shape index (κ1) is 41.2. The summed E-state index contributed by atoms with van der Waals surface area (Å²) in [5, 5.41) is 14.4. The fraction of sp³-hybridized carbons (Fsp3) is 0.711. The molecular weight excluding hydrogens is 674 g/mol. The smallest absolute Gasteiger partial charge is 0.408 e. The zero-order chi connectivity index (χ0) is 38.7. The highest BCUT2D eigenvalue weighted by Crippen LogP contribution is 2.41. The van der Waals surface area contributed by atoms with E-state index in [0.717, 1.165) is 0 Å². The number of ketones is 1. The number of cyclic esters (lactones) is 1. The molecule has 1 amide bonds. The van der Waals surface area contributed by atoms with Crippen LogP contribution < -0.4 is 5.32 Å². The number of Topliss-reactive ketones (excluding diaryl/α,β-unsaturated/α-hetero) is 1. The molecule has 14 nitrogen and oxygen atoms in total. The van der Waals surface area contributed by atoms with Gasteiger partial charge in [0.2, 0.25) is 0 Å². The van der Waals surface area contributed by atoms with E-state index in [1.165, 1.54) is 7.11 Å². The normalized spacial score (nSPS) is 40.3. The van der Waals surface area contributed by atoms with Crippen LogP contribution in [-0.4, -0.2) is 113 Å². The van der Waals surface area contributed by atoms with E-state index in [2.05, 4.69) is 16.9 Å². The molecule has 290 valence electrons. The van der Waals surface area contributed by atoms with Gasteiger partial charge in [-0.1, -0.05) is 33.4 Å². The van der Waals surface area contributed by atoms with E-state index in [1.807, 2.05) is 14.0 Å². The average molecular weight is 732 g/mol. The molecule has 0 radical (unpaired) electrons. The highest BCUT2D eigenvalue weighted by molar-refractivity contribution is 5.85. The van der Waals surface area contributed by atoms with Crippen molar-refractivity contribution in [3.05, 3.63) is 42.9 Å². The Morgan fingerprint density at radius 2 is 1.85 bits per heavy atom. The number of aliphatic hydroxyl groups excluding tert-OH is 1. The molecule has 2 N–H and O–H groups in total. The van der Waals surface area contributed by atoms with Crippen molar-refractivity contribution < 1.29 is 52.7 Å². The fourth-order valence-corrected chi connectivity index (χ4v) is 8.04. The van der Waals surface area contributed by atoms with Crippen molar-refractivity contribution in [1.29, 1.82) is 0 Å². The number of alkyl carbamates (subject to hydrolysis) is 1. The van der Waals surface area contributed by atoms with Gasteiger partial charge in [0.15, 0.2) is 11.9 Å². The molecular formula is C38H57N3O11. The van der Waals surface area contributed by atoms with E-state index in [4.69, 9.17) is 28.4 Å². The number of aliphatic hydroxyl groups is 1. The minimum atomic E-state index is -1.39. The van der Waals surface area contributed by atoms with Crippen LogP contribution in [0.4, 0.5) is 4.79 Å². The van der Waals surface area contributed by atoms with E-state index in [1.54, 1.807) is 84.1 Å². The van der Waals surface area contributed by atoms with E-state index < -0.39 is 95.7 Å². The van der Waals surface area contributed by atoms with Crippen molar-refractivity contribution in [2.75, 3.05) is 14.2 Å². The quantitative estimate of drug-likeness (QED) is 0.294. The van der Waals surface area contributed by atoms with Gasteiger partial charge in [-0.3, -0.25) is 19.4 Å². The molecule has 0 aliphatic carbocycles. The molecule has 3 aliphatic rings. The number of pyridine rings is 1. The fourth-order valence-electron chi connectivity index (χ4n) is 8.04. The van der Waals surface area contributed by atoms with Crippen LogP contribution in [0.2, 0.25) is 0 Å². The van der Waals surface area contributed by atoms with Crippen molar-refractivity contribution in [3.8, 4) is 0 Å². The number of methoxy groups -OCH3 is 1. The van der Waals surface area contributed by atoms with Crippen molar-refractivity contribution in [2.45, 2.75) is 135 Å². The molecule has 0 saturated carbocycles. The Morgan fingerprint density at radius 1 is 1.15 bits per heavy atom. The molecule has 14 heteroatoms. The van der Waals surface area contributed by atoms with Crippen LogP contribution in [0.5, 0.6) is 0 Å². The largest absolute Gasteiger partial charge is 0.461 e. The van der Waals surface area contributed by atoms with E-state index in [-0.39, 0.29) is 24.7 Å². The highest BCUT2D eigenvalue weighted by Gasteiger charge is 2.57. The first-order chi connectivity index (χ1) is 24.4. The van der Waals surface area contributed by atoms with Gasteiger partial charge in [-0.2, -0.15) is 0 Å². The van der Waals surface area contributed by atoms with Crippen molar-refractivity contribution in [3.63, 3.8) is 0 Å². The predicted octanol–water partition coefficient (Wildman–Crippen LogP) is 3.58. The topological polar surface area (TPSA) is 172 Å². The number of amides is 1. The monoisotopic (exact) mass is 731 g/mol. The number of hydrogen-bond acceptors (Lipinski definition) is 13. The zero-order valence-corrected chi connectivity index (χ0v) is 32.1. The molecule has 0 spiro atoms. The Kier molecular flexibility index (Phi) is 13.2. The number of nitrogens with zero attached hydrogens (tertiary/aromatic N) is 2. The molecule has 0 aromatic carbocycles. The molecule has 4 heterocycles. The number of carbonyl (C=O) groups is 4. The van der Waals surface area contributed by atoms with E-state index >= 15 is 0 Å². The zero-order valence-electron chi connectivity index (χ0n) is 32.1. The van der Waals surface area contributed by atoms with Gasteiger partial charge in [-0.25, -0.2) is 4.79 Å². The maximum absolute atomic E-state index is 14.2. The summed E-state index contributed by atoms with van der Waals surface area (Å²) in [7, 11) is 3.30. The Morgan fingerprint density at radius 3 is 2.46 bits per heavy atom. The summed E-state index contributed by atoms with van der Waals surface area (Å²) >= 11 is 0. The molecule has 3 saturated heterocycles. The average Bonchev–Trinajstić information content (AvgIpc) is 3.43. The van der Waals surface area contributed by atoms with Crippen LogP contribution >= 0.6 is 0 Å². The third-order valence-electron chi connectivity index (χ3n) is 11.4. The third kappa shape index (κ3) is 8.61. The summed E-state index contributed by atoms with van der Waals surface area (Å²) in [4.78, 5) is 60.4. The number of nitrogens with one attached hydrogen (secondary N) is 1. The Bertz CT molecular complexity index is 1450. The minimum absolute atomic E-state index is 0.120. The van der Waals surface area contributed by atoms with Gasteiger partial charge in [-0.15, -0.1) is 0 Å². The number of carbonyl (C=O) groups excluding carboxylic acids is 4. The summed E-state index contributed by atoms with van der Waals surface area (Å²) in [5.41, 5.74) is -2.05. The van der Waals surface area contributed by atoms with Crippen molar-refractivity contribution >= 4 is 23.8 Å². The Hall–Kier alpha value is -3.59. The third-order valence-corrected chi connectivity index (χ3v) is 11.4. The van der Waals surface area contributed by atoms with Crippen molar-refractivity contribution in [2.24, 2.45) is 23.7 Å². The second-order valence-electron chi connectivity index (χ2n) is 15.2. The lowest BCUT2D eigenvalue weighted by Gasteiger charge is -2.48. The van der Waals surface area contributed by atoms with Crippen LogP contribution in [0.25, 0.3) is 0 Å². The number of esters is 2. The van der Waals surface area contributed by atoms with Crippen LogP contribution in [0.3, 0.4) is 0 Å². The molecule has 3 fully saturated rings. The number of ether oxygens (including phenoxy) is 6. The summed E-state index contributed by atoms with van der Waals surface area (Å²) in [6.07, 6.45) is -1.23. The van der Waals surface area contributed by atoms with Gasteiger partial charge in [0.1, 0.15) is 24.1 Å². The number of rotatable bonds is 8. The van der Waals surface area contributed by atoms with Gasteiger partial charge in [0.25, 0.3) is 0 Å². The number of aromatic nitrogens is 1. The lowest BCUT2D eigenvalue weighted by molar-refractivity contribution is -0.301. The second kappa shape index (κ2) is 16.6. The lowest BCUT2D eigenvalue weighted by atomic mass is 9.73. The van der Waals surface area contributed by atoms with Gasteiger partial charge in [0.05, 0.1) is 42.2 Å². The van der Waals surface area contributed by atoms with Gasteiger partial charge in [-0.05, 0) is 65.3 Å². The summed E-state index contributed by atoms with van der Waals surface area (Å²) in [5.74, 6) is -4.78. The molecule has 4 rings (SSSR count). The maximum Gasteiger partial charge on any atom is 0.408 e. The van der Waals surface area contributed by atoms with Crippen LogP contribution in [0.1, 0.15) is 73.8 Å². The highest BCUT2D eigenvalue weighted by atomic mass is 16.7. The second-order valence-corrected chi connectivity index (χ2v) is 15.2. The molecule has 14 atom stereocenters. The number of likely N-dealkylation sites (N-methyl/N-ethyl adjacent to an activating group) is 1. The molecule has 1 unspecified atom stereocenters. The molecule has 52 heavy (non-hydrogen) atoms. The van der Waals surface area contributed by atoms with Crippen LogP contribution in [-0.2, 0) is 49.2 Å².